The summed E-state index contributed by atoms with van der Waals surface area (Å²) in [6.45, 7) is 1.88. The molecule has 0 unspecified atom stereocenters. The first-order chi connectivity index (χ1) is 18.1. The Bertz CT molecular complexity index is 1660. The molecule has 0 radical (unpaired) electrons. The van der Waals surface area contributed by atoms with Gasteiger partial charge in [-0.1, -0.05) is 40.9 Å². The molecule has 1 aromatic heterocycles. The number of hydrogen-bond acceptors (Lipinski definition) is 6. The van der Waals surface area contributed by atoms with Gasteiger partial charge in [0.1, 0.15) is 5.52 Å². The summed E-state index contributed by atoms with van der Waals surface area (Å²) < 4.78 is 25.9. The molecule has 0 atom stereocenters. The van der Waals surface area contributed by atoms with Crippen LogP contribution in [-0.4, -0.2) is 55.1 Å². The molecule has 4 N–H and O–H groups in total. The molecule has 4 aromatic rings. The summed E-state index contributed by atoms with van der Waals surface area (Å²) in [4.78, 5) is 35.6. The Hall–Kier alpha value is -3.35. The minimum absolute atomic E-state index is 0.216. The van der Waals surface area contributed by atoms with Crippen LogP contribution in [0.4, 0.5) is 17.3 Å². The SMILES string of the molecule is CS(=O)(=O)O.Cc1ccc(NC(=O)c2cc(NC(=O)c3cc(Cl)ccc3Cl)cc3[nH]c(N(C)C)nc23)cc1Cl. The lowest BCUT2D eigenvalue weighted by Gasteiger charge is -2.11. The molecule has 0 saturated heterocycles. The Morgan fingerprint density at radius 3 is 2.13 bits per heavy atom. The predicted octanol–water partition coefficient (Wildman–Crippen LogP) is 5.91. The van der Waals surface area contributed by atoms with Crippen molar-refractivity contribution in [1.82, 2.24) is 9.97 Å². The Kier molecular flexibility index (Phi) is 9.47. The predicted molar refractivity (Wildman–Crippen MR) is 156 cm³/mol. The van der Waals surface area contributed by atoms with E-state index in [2.05, 4.69) is 20.6 Å². The Labute approximate surface area is 240 Å². The minimum Gasteiger partial charge on any atom is -0.349 e. The molecule has 0 bridgehead atoms. The number of carbonyl (C=O) groups excluding carboxylic acids is 2. The zero-order valence-corrected chi connectivity index (χ0v) is 24.2. The molecule has 2 amide bonds. The first-order valence-corrected chi connectivity index (χ1v) is 14.1. The third-order valence-corrected chi connectivity index (χ3v) is 6.07. The van der Waals surface area contributed by atoms with E-state index in [4.69, 9.17) is 39.4 Å². The minimum atomic E-state index is -3.67. The van der Waals surface area contributed by atoms with Gasteiger partial charge in [-0.15, -0.1) is 0 Å². The standard InChI is InChI=1S/C24H20Cl3N5O2.CH4O3S/c1-12-4-6-14(10-19(12)27)28-23(34)17-9-15(11-20-21(17)31-24(30-20)32(2)3)29-22(33)16-8-13(25)5-7-18(16)26;1-5(2,3)4/h4-11H,1-3H3,(H,28,34)(H,29,33)(H,30,31);1H3,(H,2,3,4). The topological polar surface area (TPSA) is 144 Å². The van der Waals surface area contributed by atoms with Crippen LogP contribution in [0.15, 0.2) is 48.5 Å². The summed E-state index contributed by atoms with van der Waals surface area (Å²) >= 11 is 18.4. The van der Waals surface area contributed by atoms with Gasteiger partial charge in [0.05, 0.1) is 27.9 Å². The normalized spacial score (nSPS) is 11.0. The number of carbonyl (C=O) groups is 2. The highest BCUT2D eigenvalue weighted by atomic mass is 35.5. The number of benzene rings is 3. The fourth-order valence-electron chi connectivity index (χ4n) is 3.30. The maximum Gasteiger partial charge on any atom is 0.261 e. The summed E-state index contributed by atoms with van der Waals surface area (Å²) in [5.41, 5.74) is 3.34. The molecule has 1 heterocycles. The van der Waals surface area contributed by atoms with E-state index in [0.717, 1.165) is 5.56 Å². The van der Waals surface area contributed by atoms with E-state index >= 15 is 0 Å². The summed E-state index contributed by atoms with van der Waals surface area (Å²) in [5.74, 6) is -0.307. The van der Waals surface area contributed by atoms with Gasteiger partial charge in [0.15, 0.2) is 0 Å². The van der Waals surface area contributed by atoms with Gasteiger partial charge in [0.25, 0.3) is 21.9 Å². The van der Waals surface area contributed by atoms with Gasteiger partial charge in [-0.2, -0.15) is 8.42 Å². The number of rotatable bonds is 5. The van der Waals surface area contributed by atoms with Crippen molar-refractivity contribution in [3.63, 3.8) is 0 Å². The monoisotopic (exact) mass is 611 g/mol. The van der Waals surface area contributed by atoms with Gasteiger partial charge in [-0.3, -0.25) is 14.1 Å². The molecule has 0 aliphatic heterocycles. The Balaban J connectivity index is 0.000000771. The van der Waals surface area contributed by atoms with Crippen molar-refractivity contribution in [2.24, 2.45) is 0 Å². The van der Waals surface area contributed by atoms with E-state index in [-0.39, 0.29) is 16.1 Å². The van der Waals surface area contributed by atoms with Crippen molar-refractivity contribution in [3.8, 4) is 0 Å². The molecule has 4 rings (SSSR count). The lowest BCUT2D eigenvalue weighted by Crippen LogP contribution is -2.15. The largest absolute Gasteiger partial charge is 0.349 e. The highest BCUT2D eigenvalue weighted by Gasteiger charge is 2.19. The van der Waals surface area contributed by atoms with Crippen molar-refractivity contribution >= 4 is 85.1 Å². The number of halogens is 3. The number of fused-ring (bicyclic) bond motifs is 1. The molecule has 10 nitrogen and oxygen atoms in total. The molecule has 206 valence electrons. The van der Waals surface area contributed by atoms with Crippen molar-refractivity contribution in [1.29, 1.82) is 0 Å². The summed E-state index contributed by atoms with van der Waals surface area (Å²) in [6.07, 6.45) is 0.715. The zero-order chi connectivity index (χ0) is 29.1. The first kappa shape index (κ1) is 30.2. The summed E-state index contributed by atoms with van der Waals surface area (Å²) in [5, 5.41) is 6.81. The summed E-state index contributed by atoms with van der Waals surface area (Å²) in [6, 6.07) is 13.1. The number of nitrogens with one attached hydrogen (secondary N) is 3. The molecular weight excluding hydrogens is 589 g/mol. The fourth-order valence-corrected chi connectivity index (χ4v) is 3.86. The van der Waals surface area contributed by atoms with E-state index in [1.54, 1.807) is 41.3 Å². The van der Waals surface area contributed by atoms with Crippen molar-refractivity contribution in [3.05, 3.63) is 80.3 Å². The maximum atomic E-state index is 13.2. The van der Waals surface area contributed by atoms with Crippen LogP contribution in [0.3, 0.4) is 0 Å². The summed E-state index contributed by atoms with van der Waals surface area (Å²) in [7, 11) is -0.00875. The highest BCUT2D eigenvalue weighted by Crippen LogP contribution is 2.28. The number of aromatic nitrogens is 2. The third kappa shape index (κ3) is 8.32. The van der Waals surface area contributed by atoms with Crippen molar-refractivity contribution < 1.29 is 22.6 Å². The molecule has 39 heavy (non-hydrogen) atoms. The zero-order valence-electron chi connectivity index (χ0n) is 21.1. The Morgan fingerprint density at radius 2 is 1.51 bits per heavy atom. The van der Waals surface area contributed by atoms with Crippen molar-refractivity contribution in [2.75, 3.05) is 35.9 Å². The van der Waals surface area contributed by atoms with Crippen LogP contribution in [0, 0.1) is 6.92 Å². The van der Waals surface area contributed by atoms with Crippen molar-refractivity contribution in [2.45, 2.75) is 6.92 Å². The number of hydrogen-bond donors (Lipinski definition) is 4. The molecule has 0 fully saturated rings. The van der Waals surface area contributed by atoms with Gasteiger partial charge in [0.2, 0.25) is 5.95 Å². The molecule has 0 aliphatic rings. The van der Waals surface area contributed by atoms with Crippen LogP contribution in [0.2, 0.25) is 15.1 Å². The van der Waals surface area contributed by atoms with Crippen LogP contribution >= 0.6 is 34.8 Å². The van der Waals surface area contributed by atoms with Crippen LogP contribution in [0.5, 0.6) is 0 Å². The van der Waals surface area contributed by atoms with E-state index in [1.807, 2.05) is 27.1 Å². The number of nitrogens with zero attached hydrogens (tertiary/aromatic N) is 2. The fraction of sp³-hybridized carbons (Fsp3) is 0.160. The third-order valence-electron chi connectivity index (χ3n) is 5.10. The quantitative estimate of drug-likeness (QED) is 0.205. The molecule has 0 saturated carbocycles. The van der Waals surface area contributed by atoms with Gasteiger partial charge >= 0.3 is 0 Å². The average Bonchev–Trinajstić information content (AvgIpc) is 3.26. The smallest absolute Gasteiger partial charge is 0.261 e. The average molecular weight is 613 g/mol. The second-order valence-corrected chi connectivity index (χ2v) is 11.3. The van der Waals surface area contributed by atoms with Crippen LogP contribution in [0.1, 0.15) is 26.3 Å². The van der Waals surface area contributed by atoms with Gasteiger partial charge in [0, 0.05) is 35.5 Å². The van der Waals surface area contributed by atoms with E-state index < -0.39 is 21.9 Å². The van der Waals surface area contributed by atoms with E-state index in [0.29, 0.717) is 44.7 Å². The number of imidazole rings is 1. The van der Waals surface area contributed by atoms with Gasteiger partial charge in [-0.05, 0) is 55.0 Å². The molecule has 0 aliphatic carbocycles. The van der Waals surface area contributed by atoms with E-state index in [1.165, 1.54) is 6.07 Å². The molecule has 3 aromatic carbocycles. The van der Waals surface area contributed by atoms with Gasteiger partial charge in [-0.25, -0.2) is 4.98 Å². The lowest BCUT2D eigenvalue weighted by atomic mass is 10.1. The molecular formula is C25H24Cl3N5O5S. The van der Waals surface area contributed by atoms with Gasteiger partial charge < -0.3 is 20.5 Å². The Morgan fingerprint density at radius 1 is 0.897 bits per heavy atom. The van der Waals surface area contributed by atoms with Crippen LogP contribution < -0.4 is 15.5 Å². The first-order valence-electron chi connectivity index (χ1n) is 11.1. The highest BCUT2D eigenvalue weighted by molar-refractivity contribution is 7.85. The number of aromatic amines is 1. The maximum absolute atomic E-state index is 13.2. The second-order valence-electron chi connectivity index (χ2n) is 8.60. The number of H-pyrrole nitrogens is 1. The lowest BCUT2D eigenvalue weighted by molar-refractivity contribution is 0.101. The van der Waals surface area contributed by atoms with Crippen LogP contribution in [0.25, 0.3) is 11.0 Å². The molecule has 14 heteroatoms. The van der Waals surface area contributed by atoms with E-state index in [9.17, 15) is 18.0 Å². The number of anilines is 3. The molecule has 0 spiro atoms. The van der Waals surface area contributed by atoms with Crippen LogP contribution in [-0.2, 0) is 10.1 Å². The number of aryl methyl sites for hydroxylation is 1. The second kappa shape index (κ2) is 12.2. The number of amides is 2.